The van der Waals surface area contributed by atoms with Gasteiger partial charge in [0.1, 0.15) is 24.4 Å². The molecular formula is C44H73NO10Si3. The van der Waals surface area contributed by atoms with Gasteiger partial charge in [-0.15, -0.1) is 0 Å². The van der Waals surface area contributed by atoms with Crippen LogP contribution in [0.25, 0.3) is 0 Å². The Bertz CT molecular complexity index is 1620. The third-order valence-corrected chi connectivity index (χ3v) is 26.3. The number of hydrogen-bond acceptors (Lipinski definition) is 10. The van der Waals surface area contributed by atoms with Gasteiger partial charge in [-0.25, -0.2) is 0 Å². The van der Waals surface area contributed by atoms with Gasteiger partial charge < -0.3 is 37.0 Å². The molecule has 0 spiro atoms. The van der Waals surface area contributed by atoms with E-state index in [2.05, 4.69) is 102 Å². The minimum absolute atomic E-state index is 0.0447. The van der Waals surface area contributed by atoms with Crippen molar-refractivity contribution in [2.24, 2.45) is 0 Å². The van der Waals surface area contributed by atoms with Crippen LogP contribution in [0.1, 0.15) is 73.4 Å². The molecule has 0 aromatic heterocycles. The molecule has 2 heterocycles. The molecule has 2 aliphatic rings. The van der Waals surface area contributed by atoms with E-state index in [4.69, 9.17) is 37.0 Å². The lowest BCUT2D eigenvalue weighted by molar-refractivity contribution is -0.576. The fourth-order valence-corrected chi connectivity index (χ4v) is 9.99. The van der Waals surface area contributed by atoms with E-state index in [9.17, 15) is 10.1 Å². The van der Waals surface area contributed by atoms with Crippen LogP contribution >= 0.6 is 0 Å². The zero-order valence-corrected chi connectivity index (χ0v) is 40.9. The van der Waals surface area contributed by atoms with Gasteiger partial charge in [0.25, 0.3) is 6.04 Å². The Morgan fingerprint density at radius 1 is 0.621 bits per heavy atom. The van der Waals surface area contributed by atoms with Crippen LogP contribution in [-0.2, 0) is 50.2 Å². The molecule has 1 fully saturated rings. The standard InChI is InChI=1S/C44H73NO10Si3/c1-42(2,3)56(10,11)53-34-26-27-49-35(38(34)54-57(12,13)43(4,5)6)31-51-41-37(45(46)47)40(50-29-33-24-20-17-21-25-33)39(55-58(14,15)44(7,8)9)36(52-41)30-48-28-32-22-18-16-19-23-32/h16-27,34-41H,28-31H2,1-15H3/t34-,35-,36-,37-,38-,39-,40-,41-/m1/s1. The molecule has 0 unspecified atom stereocenters. The Kier molecular flexibility index (Phi) is 16.0. The van der Waals surface area contributed by atoms with E-state index < -0.39 is 73.9 Å². The highest BCUT2D eigenvalue weighted by Gasteiger charge is 2.57. The van der Waals surface area contributed by atoms with Crippen molar-refractivity contribution in [3.63, 3.8) is 0 Å². The average Bonchev–Trinajstić information content (AvgIpc) is 3.10. The molecule has 4 rings (SSSR count). The van der Waals surface area contributed by atoms with Crippen LogP contribution in [0.5, 0.6) is 0 Å². The molecule has 0 N–H and O–H groups in total. The second-order valence-corrected chi connectivity index (χ2v) is 34.7. The van der Waals surface area contributed by atoms with Crippen molar-refractivity contribution in [3.8, 4) is 0 Å². The van der Waals surface area contributed by atoms with Crippen LogP contribution in [0.2, 0.25) is 54.4 Å². The molecule has 11 nitrogen and oxygen atoms in total. The molecule has 0 bridgehead atoms. The van der Waals surface area contributed by atoms with Gasteiger partial charge in [-0.05, 0) is 71.6 Å². The summed E-state index contributed by atoms with van der Waals surface area (Å²) in [6.45, 7) is 33.3. The zero-order chi connectivity index (χ0) is 43.3. The van der Waals surface area contributed by atoms with E-state index in [-0.39, 0.29) is 39.9 Å². The first kappa shape index (κ1) is 48.4. The normalized spacial score (nSPS) is 26.3. The largest absolute Gasteiger partial charge is 0.493 e. The molecule has 8 atom stereocenters. The summed E-state index contributed by atoms with van der Waals surface area (Å²) in [4.78, 5) is 13.0. The molecule has 326 valence electrons. The van der Waals surface area contributed by atoms with Crippen LogP contribution in [0.3, 0.4) is 0 Å². The second kappa shape index (κ2) is 19.2. The molecule has 0 radical (unpaired) electrons. The van der Waals surface area contributed by atoms with Crippen molar-refractivity contribution in [2.45, 2.75) is 179 Å². The highest BCUT2D eigenvalue weighted by Crippen LogP contribution is 2.43. The van der Waals surface area contributed by atoms with E-state index in [1.165, 1.54) is 0 Å². The first-order chi connectivity index (χ1) is 26.7. The van der Waals surface area contributed by atoms with Gasteiger partial charge in [0.05, 0.1) is 38.8 Å². The molecule has 1 saturated heterocycles. The predicted molar refractivity (Wildman–Crippen MR) is 237 cm³/mol. The Balaban J connectivity index is 1.72. The molecule has 0 amide bonds. The van der Waals surface area contributed by atoms with Gasteiger partial charge in [-0.2, -0.15) is 0 Å². The third-order valence-electron chi connectivity index (χ3n) is 12.9. The van der Waals surface area contributed by atoms with Crippen LogP contribution < -0.4 is 0 Å². The van der Waals surface area contributed by atoms with Gasteiger partial charge in [0.2, 0.25) is 6.29 Å². The van der Waals surface area contributed by atoms with Gasteiger partial charge in [-0.3, -0.25) is 10.1 Å². The summed E-state index contributed by atoms with van der Waals surface area (Å²) < 4.78 is 53.7. The second-order valence-electron chi connectivity index (χ2n) is 20.4. The van der Waals surface area contributed by atoms with Gasteiger partial charge in [-0.1, -0.05) is 123 Å². The smallest absolute Gasteiger partial charge is 0.291 e. The Hall–Kier alpha value is -2.25. The number of hydrogen-bond donors (Lipinski definition) is 0. The van der Waals surface area contributed by atoms with Crippen molar-refractivity contribution in [2.75, 3.05) is 13.2 Å². The number of benzene rings is 2. The first-order valence-electron chi connectivity index (χ1n) is 20.8. The summed E-state index contributed by atoms with van der Waals surface area (Å²) in [5.74, 6) is 0. The van der Waals surface area contributed by atoms with Crippen LogP contribution in [-0.4, -0.2) is 92.0 Å². The molecule has 2 aromatic rings. The molecular weight excluding hydrogens is 787 g/mol. The maximum atomic E-state index is 13.3. The van der Waals surface area contributed by atoms with Gasteiger partial charge in [0.15, 0.2) is 31.1 Å². The maximum Gasteiger partial charge on any atom is 0.291 e. The van der Waals surface area contributed by atoms with E-state index in [0.717, 1.165) is 11.1 Å². The van der Waals surface area contributed by atoms with Crippen LogP contribution in [0, 0.1) is 10.1 Å². The van der Waals surface area contributed by atoms with E-state index in [1.807, 2.05) is 66.7 Å². The summed E-state index contributed by atoms with van der Waals surface area (Å²) >= 11 is 0. The van der Waals surface area contributed by atoms with Gasteiger partial charge in [0, 0.05) is 4.92 Å². The van der Waals surface area contributed by atoms with Crippen molar-refractivity contribution < 1.29 is 41.9 Å². The fraction of sp³-hybridized carbons (Fsp3) is 0.682. The molecule has 0 aliphatic carbocycles. The lowest BCUT2D eigenvalue weighted by atomic mass is 9.97. The first-order valence-corrected chi connectivity index (χ1v) is 29.5. The summed E-state index contributed by atoms with van der Waals surface area (Å²) in [5, 5.41) is 13.0. The van der Waals surface area contributed by atoms with E-state index in [0.29, 0.717) is 6.61 Å². The molecule has 0 saturated carbocycles. The van der Waals surface area contributed by atoms with Crippen molar-refractivity contribution in [1.29, 1.82) is 0 Å². The fourth-order valence-electron chi connectivity index (χ4n) is 6.10. The van der Waals surface area contributed by atoms with Gasteiger partial charge >= 0.3 is 0 Å². The Morgan fingerprint density at radius 3 is 1.60 bits per heavy atom. The molecule has 14 heteroatoms. The Morgan fingerprint density at radius 2 is 1.10 bits per heavy atom. The molecule has 2 aromatic carbocycles. The maximum absolute atomic E-state index is 13.3. The minimum Gasteiger partial charge on any atom is -0.493 e. The lowest BCUT2D eigenvalue weighted by Crippen LogP contribution is -2.66. The van der Waals surface area contributed by atoms with Crippen molar-refractivity contribution >= 4 is 25.0 Å². The van der Waals surface area contributed by atoms with Crippen LogP contribution in [0.15, 0.2) is 73.0 Å². The summed E-state index contributed by atoms with van der Waals surface area (Å²) in [7, 11) is -7.18. The summed E-state index contributed by atoms with van der Waals surface area (Å²) in [6.07, 6.45) is -1.90. The lowest BCUT2D eigenvalue weighted by Gasteiger charge is -2.48. The Labute approximate surface area is 352 Å². The minimum atomic E-state index is -2.54. The molecule has 58 heavy (non-hydrogen) atoms. The highest BCUT2D eigenvalue weighted by atomic mass is 28.4. The number of nitrogens with zero attached hydrogens (tertiary/aromatic N) is 1. The quantitative estimate of drug-likeness (QED) is 0.0865. The van der Waals surface area contributed by atoms with E-state index >= 15 is 0 Å². The third kappa shape index (κ3) is 12.4. The summed E-state index contributed by atoms with van der Waals surface area (Å²) in [6, 6.07) is 18.1. The van der Waals surface area contributed by atoms with Crippen molar-refractivity contribution in [3.05, 3.63) is 94.2 Å². The number of ether oxygens (including phenoxy) is 5. The summed E-state index contributed by atoms with van der Waals surface area (Å²) in [5.41, 5.74) is 1.88. The number of nitro groups is 1. The highest BCUT2D eigenvalue weighted by molar-refractivity contribution is 6.75. The average molecular weight is 860 g/mol. The zero-order valence-electron chi connectivity index (χ0n) is 37.9. The molecule has 2 aliphatic heterocycles. The number of rotatable bonds is 17. The topological polar surface area (TPSA) is 117 Å². The predicted octanol–water partition coefficient (Wildman–Crippen LogP) is 10.3. The van der Waals surface area contributed by atoms with Crippen LogP contribution in [0.4, 0.5) is 0 Å². The monoisotopic (exact) mass is 859 g/mol. The van der Waals surface area contributed by atoms with E-state index in [1.54, 1.807) is 6.26 Å². The SMILES string of the molecule is CC(C)(C)[Si](C)(C)O[C@@H]1[C@H](O[Si](C)(C)C(C)(C)C)C=CO[C@@H]1CO[C@@H]1O[C@H](COCc2ccccc2)[C@@H](O[Si](C)(C)C(C)(C)C)[C@H](OCc2ccccc2)[C@H]1[N+](=O)[O-]. The van der Waals surface area contributed by atoms with Crippen molar-refractivity contribution in [1.82, 2.24) is 0 Å².